The molecular formula is C16H18N2O3S. The van der Waals surface area contributed by atoms with E-state index >= 15 is 0 Å². The number of fused-ring (bicyclic) bond motifs is 1. The first-order valence-corrected chi connectivity index (χ1v) is 8.35. The summed E-state index contributed by atoms with van der Waals surface area (Å²) in [4.78, 5) is 27.3. The first kappa shape index (κ1) is 15.0. The van der Waals surface area contributed by atoms with Gasteiger partial charge in [0.15, 0.2) is 0 Å². The molecular weight excluding hydrogens is 300 g/mol. The second kappa shape index (κ2) is 5.35. The molecule has 1 aliphatic rings. The van der Waals surface area contributed by atoms with Crippen molar-refractivity contribution in [2.45, 2.75) is 31.8 Å². The monoisotopic (exact) mass is 318 g/mol. The predicted octanol–water partition coefficient (Wildman–Crippen LogP) is 2.64. The van der Waals surface area contributed by atoms with Gasteiger partial charge in [0.05, 0.1) is 22.3 Å². The van der Waals surface area contributed by atoms with Crippen LogP contribution in [0.1, 0.15) is 33.0 Å². The predicted molar refractivity (Wildman–Crippen MR) is 84.7 cm³/mol. The number of ketones is 1. The Bertz CT molecular complexity index is 773. The van der Waals surface area contributed by atoms with Crippen molar-refractivity contribution in [3.05, 3.63) is 40.3 Å². The fourth-order valence-electron chi connectivity index (χ4n) is 3.13. The number of H-pyrrole nitrogens is 1. The van der Waals surface area contributed by atoms with Crippen LogP contribution in [-0.4, -0.2) is 32.7 Å². The molecule has 0 aliphatic carbocycles. The Hall–Kier alpha value is -1.95. The average molecular weight is 318 g/mol. The average Bonchev–Trinajstić information content (AvgIpc) is 3.09. The van der Waals surface area contributed by atoms with Gasteiger partial charge in [0.2, 0.25) is 5.78 Å². The zero-order valence-corrected chi connectivity index (χ0v) is 13.6. The fourth-order valence-corrected chi connectivity index (χ4v) is 3.62. The molecule has 22 heavy (non-hydrogen) atoms. The molecule has 3 rings (SSSR count). The molecule has 0 fully saturated rings. The summed E-state index contributed by atoms with van der Waals surface area (Å²) >= 11 is 1.56. The van der Waals surface area contributed by atoms with E-state index in [0.717, 1.165) is 21.8 Å². The van der Waals surface area contributed by atoms with Crippen LogP contribution in [0.4, 0.5) is 0 Å². The summed E-state index contributed by atoms with van der Waals surface area (Å²) < 4.78 is 1.87. The lowest BCUT2D eigenvalue weighted by atomic mass is 10.0. The number of carboxylic acid groups (broad SMARTS) is 1. The van der Waals surface area contributed by atoms with Gasteiger partial charge in [-0.1, -0.05) is 0 Å². The molecule has 2 aromatic heterocycles. The maximum atomic E-state index is 12.9. The highest BCUT2D eigenvalue weighted by atomic mass is 32.2. The van der Waals surface area contributed by atoms with E-state index in [1.807, 2.05) is 36.8 Å². The molecule has 0 bridgehead atoms. The number of carbonyl (C=O) groups is 2. The largest absolute Gasteiger partial charge is 0.481 e. The molecule has 0 radical (unpaired) electrons. The molecule has 1 unspecified atom stereocenters. The normalized spacial score (nSPS) is 16.8. The summed E-state index contributed by atoms with van der Waals surface area (Å²) in [6, 6.07) is 3.89. The minimum atomic E-state index is -0.805. The Balaban J connectivity index is 2.01. The van der Waals surface area contributed by atoms with Gasteiger partial charge in [0, 0.05) is 18.7 Å². The highest BCUT2D eigenvalue weighted by molar-refractivity contribution is 7.98. The first-order chi connectivity index (χ1) is 10.4. The number of aromatic nitrogens is 2. The van der Waals surface area contributed by atoms with Gasteiger partial charge in [-0.2, -0.15) is 0 Å². The molecule has 3 heterocycles. The number of aromatic amines is 1. The van der Waals surface area contributed by atoms with Crippen LogP contribution in [0.2, 0.25) is 0 Å². The van der Waals surface area contributed by atoms with Gasteiger partial charge in [0.25, 0.3) is 0 Å². The zero-order valence-electron chi connectivity index (χ0n) is 12.8. The van der Waals surface area contributed by atoms with Crippen LogP contribution in [0, 0.1) is 19.8 Å². The molecule has 116 valence electrons. The number of nitrogens with one attached hydrogen (secondary N) is 1. The standard InChI is InChI=1S/C16H18N2O3S/c1-8-5-12(22-3)17-13(8)15(19)14-9(2)4-11-6-10(16(20)21)7-18(11)14/h4-5,10,17H,6-7H2,1-3H3,(H,20,21). The van der Waals surface area contributed by atoms with Crippen LogP contribution in [0.5, 0.6) is 0 Å². The molecule has 1 atom stereocenters. The SMILES string of the molecule is CSc1cc(C)c(C(=O)c2c(C)cc3n2CC(C(=O)O)C3)[nH]1. The van der Waals surface area contributed by atoms with Gasteiger partial charge in [-0.25, -0.2) is 0 Å². The second-order valence-electron chi connectivity index (χ2n) is 5.74. The van der Waals surface area contributed by atoms with Crippen molar-refractivity contribution in [2.75, 3.05) is 6.26 Å². The molecule has 0 saturated carbocycles. The van der Waals surface area contributed by atoms with Crippen molar-refractivity contribution in [2.24, 2.45) is 5.92 Å². The third-order valence-electron chi connectivity index (χ3n) is 4.23. The van der Waals surface area contributed by atoms with E-state index in [9.17, 15) is 14.7 Å². The number of nitrogens with zero attached hydrogens (tertiary/aromatic N) is 1. The van der Waals surface area contributed by atoms with E-state index in [4.69, 9.17) is 0 Å². The molecule has 0 amide bonds. The second-order valence-corrected chi connectivity index (χ2v) is 6.59. The number of thioether (sulfide) groups is 1. The van der Waals surface area contributed by atoms with Crippen LogP contribution in [0.15, 0.2) is 17.2 Å². The third-order valence-corrected chi connectivity index (χ3v) is 4.89. The van der Waals surface area contributed by atoms with Gasteiger partial charge in [0.1, 0.15) is 0 Å². The van der Waals surface area contributed by atoms with Gasteiger partial charge >= 0.3 is 5.97 Å². The first-order valence-electron chi connectivity index (χ1n) is 7.12. The van der Waals surface area contributed by atoms with Gasteiger partial charge in [-0.15, -0.1) is 11.8 Å². The summed E-state index contributed by atoms with van der Waals surface area (Å²) in [5.41, 5.74) is 3.95. The minimum absolute atomic E-state index is 0.0624. The van der Waals surface area contributed by atoms with Crippen molar-refractivity contribution in [3.8, 4) is 0 Å². The lowest BCUT2D eigenvalue weighted by molar-refractivity contribution is -0.141. The minimum Gasteiger partial charge on any atom is -0.481 e. The highest BCUT2D eigenvalue weighted by Gasteiger charge is 2.32. The van der Waals surface area contributed by atoms with E-state index in [-0.39, 0.29) is 5.78 Å². The topological polar surface area (TPSA) is 75.1 Å². The molecule has 6 heteroatoms. The van der Waals surface area contributed by atoms with Gasteiger partial charge in [-0.3, -0.25) is 9.59 Å². The molecule has 0 saturated heterocycles. The Kier molecular flexibility index (Phi) is 3.64. The van der Waals surface area contributed by atoms with Crippen LogP contribution < -0.4 is 0 Å². The maximum Gasteiger partial charge on any atom is 0.308 e. The Morgan fingerprint density at radius 2 is 2.05 bits per heavy atom. The number of aryl methyl sites for hydroxylation is 2. The van der Waals surface area contributed by atoms with E-state index < -0.39 is 11.9 Å². The summed E-state index contributed by atoms with van der Waals surface area (Å²) in [6.07, 6.45) is 2.44. The Morgan fingerprint density at radius 1 is 1.32 bits per heavy atom. The fraction of sp³-hybridized carbons (Fsp3) is 0.375. The quantitative estimate of drug-likeness (QED) is 0.671. The molecule has 1 aliphatic heterocycles. The summed E-state index contributed by atoms with van der Waals surface area (Å²) in [5, 5.41) is 10.1. The Morgan fingerprint density at radius 3 is 2.64 bits per heavy atom. The van der Waals surface area contributed by atoms with Crippen LogP contribution in [-0.2, 0) is 17.8 Å². The Labute approximate surface area is 132 Å². The molecule has 2 aromatic rings. The van der Waals surface area contributed by atoms with Crippen molar-refractivity contribution >= 4 is 23.5 Å². The van der Waals surface area contributed by atoms with Gasteiger partial charge in [-0.05, 0) is 43.4 Å². The van der Waals surface area contributed by atoms with Crippen molar-refractivity contribution < 1.29 is 14.7 Å². The number of carbonyl (C=O) groups excluding carboxylic acids is 1. The lowest BCUT2D eigenvalue weighted by Crippen LogP contribution is -2.18. The van der Waals surface area contributed by atoms with Crippen LogP contribution in [0.3, 0.4) is 0 Å². The molecule has 0 aromatic carbocycles. The molecule has 5 nitrogen and oxygen atoms in total. The summed E-state index contributed by atoms with van der Waals surface area (Å²) in [7, 11) is 0. The summed E-state index contributed by atoms with van der Waals surface area (Å²) in [5.74, 6) is -1.30. The van der Waals surface area contributed by atoms with E-state index in [1.165, 1.54) is 0 Å². The van der Waals surface area contributed by atoms with Gasteiger partial charge < -0.3 is 14.7 Å². The van der Waals surface area contributed by atoms with Crippen LogP contribution in [0.25, 0.3) is 0 Å². The summed E-state index contributed by atoms with van der Waals surface area (Å²) in [6.45, 7) is 4.18. The zero-order chi connectivity index (χ0) is 16.0. The molecule has 0 spiro atoms. The molecule has 2 N–H and O–H groups in total. The van der Waals surface area contributed by atoms with Crippen molar-refractivity contribution in [3.63, 3.8) is 0 Å². The highest BCUT2D eigenvalue weighted by Crippen LogP contribution is 2.29. The third kappa shape index (κ3) is 2.27. The number of aliphatic carboxylic acids is 1. The van der Waals surface area contributed by atoms with E-state index in [1.54, 1.807) is 11.8 Å². The lowest BCUT2D eigenvalue weighted by Gasteiger charge is -2.08. The van der Waals surface area contributed by atoms with E-state index in [0.29, 0.717) is 24.4 Å². The number of rotatable bonds is 4. The smallest absolute Gasteiger partial charge is 0.308 e. The van der Waals surface area contributed by atoms with Crippen molar-refractivity contribution in [1.29, 1.82) is 0 Å². The van der Waals surface area contributed by atoms with Crippen LogP contribution >= 0.6 is 11.8 Å². The maximum absolute atomic E-state index is 12.9. The van der Waals surface area contributed by atoms with E-state index in [2.05, 4.69) is 4.98 Å². The number of hydrogen-bond acceptors (Lipinski definition) is 3. The van der Waals surface area contributed by atoms with Crippen molar-refractivity contribution in [1.82, 2.24) is 9.55 Å². The number of carboxylic acids is 1. The number of hydrogen-bond donors (Lipinski definition) is 2.